The molecular formula is C17H34N4O3S. The van der Waals surface area contributed by atoms with Gasteiger partial charge in [0.2, 0.25) is 10.0 Å². The van der Waals surface area contributed by atoms with E-state index in [1.807, 2.05) is 0 Å². The van der Waals surface area contributed by atoms with Gasteiger partial charge in [-0.05, 0) is 50.9 Å². The molecule has 25 heavy (non-hydrogen) atoms. The van der Waals surface area contributed by atoms with Crippen LogP contribution >= 0.6 is 0 Å². The number of ether oxygens (including phenoxy) is 1. The summed E-state index contributed by atoms with van der Waals surface area (Å²) in [5, 5.41) is 6.62. The second-order valence-corrected chi connectivity index (χ2v) is 9.11. The Morgan fingerprint density at radius 1 is 1.16 bits per heavy atom. The summed E-state index contributed by atoms with van der Waals surface area (Å²) >= 11 is 0. The molecule has 2 fully saturated rings. The highest BCUT2D eigenvalue weighted by Gasteiger charge is 2.24. The van der Waals surface area contributed by atoms with E-state index in [0.29, 0.717) is 19.0 Å². The molecule has 7 nitrogen and oxygen atoms in total. The number of nitrogens with zero attached hydrogens (tertiary/aromatic N) is 2. The molecule has 0 aromatic carbocycles. The summed E-state index contributed by atoms with van der Waals surface area (Å²) in [6.07, 6.45) is 6.68. The van der Waals surface area contributed by atoms with Gasteiger partial charge >= 0.3 is 0 Å². The van der Waals surface area contributed by atoms with Crippen LogP contribution in [0.3, 0.4) is 0 Å². The smallest absolute Gasteiger partial charge is 0.211 e. The second-order valence-electron chi connectivity index (χ2n) is 7.12. The molecule has 0 spiro atoms. The number of hydrogen-bond donors (Lipinski definition) is 2. The topological polar surface area (TPSA) is 83.0 Å². The Morgan fingerprint density at radius 2 is 1.88 bits per heavy atom. The molecule has 2 aliphatic rings. The first-order valence-electron chi connectivity index (χ1n) is 9.54. The predicted molar refractivity (Wildman–Crippen MR) is 101 cm³/mol. The van der Waals surface area contributed by atoms with Crippen LogP contribution in [0.4, 0.5) is 0 Å². The van der Waals surface area contributed by atoms with Gasteiger partial charge in [0.15, 0.2) is 5.96 Å². The molecule has 1 aliphatic carbocycles. The van der Waals surface area contributed by atoms with Crippen molar-refractivity contribution >= 4 is 16.0 Å². The number of hydrogen-bond acceptors (Lipinski definition) is 4. The van der Waals surface area contributed by atoms with E-state index in [4.69, 9.17) is 4.74 Å². The van der Waals surface area contributed by atoms with Crippen LogP contribution in [0, 0.1) is 11.8 Å². The van der Waals surface area contributed by atoms with Crippen molar-refractivity contribution in [2.45, 2.75) is 39.0 Å². The van der Waals surface area contributed by atoms with Gasteiger partial charge in [-0.2, -0.15) is 0 Å². The van der Waals surface area contributed by atoms with Crippen LogP contribution in [0.25, 0.3) is 0 Å². The molecule has 1 saturated heterocycles. The summed E-state index contributed by atoms with van der Waals surface area (Å²) in [6.45, 7) is 7.42. The van der Waals surface area contributed by atoms with E-state index in [1.165, 1.54) is 19.1 Å². The van der Waals surface area contributed by atoms with Crippen LogP contribution in [-0.4, -0.2) is 70.9 Å². The fourth-order valence-electron chi connectivity index (χ4n) is 2.90. The third-order valence-corrected chi connectivity index (χ3v) is 6.01. The van der Waals surface area contributed by atoms with Crippen molar-refractivity contribution in [3.05, 3.63) is 0 Å². The maximum absolute atomic E-state index is 11.5. The second kappa shape index (κ2) is 10.3. The number of aliphatic imine (C=N–C) groups is 1. The monoisotopic (exact) mass is 374 g/mol. The van der Waals surface area contributed by atoms with Gasteiger partial charge in [-0.15, -0.1) is 0 Å². The van der Waals surface area contributed by atoms with Gasteiger partial charge in [0.05, 0.1) is 6.26 Å². The van der Waals surface area contributed by atoms with E-state index in [9.17, 15) is 8.42 Å². The van der Waals surface area contributed by atoms with Gasteiger partial charge < -0.3 is 15.4 Å². The van der Waals surface area contributed by atoms with E-state index in [1.54, 1.807) is 4.31 Å². The minimum absolute atomic E-state index is 0.454. The highest BCUT2D eigenvalue weighted by atomic mass is 32.2. The molecule has 0 radical (unpaired) electrons. The van der Waals surface area contributed by atoms with Crippen molar-refractivity contribution in [3.8, 4) is 0 Å². The number of rotatable bonds is 10. The lowest BCUT2D eigenvalue weighted by Crippen LogP contribution is -2.40. The van der Waals surface area contributed by atoms with Crippen LogP contribution in [0.15, 0.2) is 4.99 Å². The van der Waals surface area contributed by atoms with Gasteiger partial charge in [-0.3, -0.25) is 4.99 Å². The average Bonchev–Trinajstić information content (AvgIpc) is 3.39. The quantitative estimate of drug-likeness (QED) is 0.339. The van der Waals surface area contributed by atoms with Gasteiger partial charge in [0.1, 0.15) is 0 Å². The zero-order valence-electron chi connectivity index (χ0n) is 15.7. The average molecular weight is 375 g/mol. The van der Waals surface area contributed by atoms with Crippen molar-refractivity contribution in [3.63, 3.8) is 0 Å². The summed E-state index contributed by atoms with van der Waals surface area (Å²) in [5.74, 6) is 2.12. The zero-order valence-corrected chi connectivity index (χ0v) is 16.5. The van der Waals surface area contributed by atoms with Crippen LogP contribution in [0.2, 0.25) is 0 Å². The molecule has 146 valence electrons. The molecule has 1 aliphatic heterocycles. The molecule has 0 atom stereocenters. The first-order valence-corrected chi connectivity index (χ1v) is 11.4. The molecule has 1 saturated carbocycles. The number of guanidine groups is 1. The van der Waals surface area contributed by atoms with Crippen molar-refractivity contribution in [1.82, 2.24) is 14.9 Å². The summed E-state index contributed by atoms with van der Waals surface area (Å²) in [7, 11) is -3.05. The lowest BCUT2D eigenvalue weighted by molar-refractivity contribution is 0.123. The normalized spacial score (nSPS) is 20.6. The summed E-state index contributed by atoms with van der Waals surface area (Å²) < 4.78 is 30.3. The molecule has 8 heteroatoms. The fraction of sp³-hybridized carbons (Fsp3) is 0.941. The van der Waals surface area contributed by atoms with Gasteiger partial charge in [0, 0.05) is 45.9 Å². The summed E-state index contributed by atoms with van der Waals surface area (Å²) in [5.41, 5.74) is 0. The van der Waals surface area contributed by atoms with Gasteiger partial charge in [-0.1, -0.05) is 0 Å². The Hall–Kier alpha value is -0.860. The van der Waals surface area contributed by atoms with Gasteiger partial charge in [-0.25, -0.2) is 12.7 Å². The first-order chi connectivity index (χ1) is 12.0. The van der Waals surface area contributed by atoms with Crippen LogP contribution in [0.1, 0.15) is 39.0 Å². The number of piperidine rings is 1. The van der Waals surface area contributed by atoms with Crippen molar-refractivity contribution in [2.24, 2.45) is 16.8 Å². The maximum atomic E-state index is 11.5. The molecule has 0 aromatic rings. The summed E-state index contributed by atoms with van der Waals surface area (Å²) in [6, 6.07) is 0. The lowest BCUT2D eigenvalue weighted by Gasteiger charge is -2.29. The molecule has 0 bridgehead atoms. The summed E-state index contributed by atoms with van der Waals surface area (Å²) in [4.78, 5) is 4.67. The lowest BCUT2D eigenvalue weighted by atomic mass is 9.98. The number of nitrogens with one attached hydrogen (secondary N) is 2. The van der Waals surface area contributed by atoms with Crippen LogP contribution < -0.4 is 10.6 Å². The highest BCUT2D eigenvalue weighted by Crippen LogP contribution is 2.28. The molecule has 2 rings (SSSR count). The van der Waals surface area contributed by atoms with E-state index < -0.39 is 10.0 Å². The third kappa shape index (κ3) is 8.37. The zero-order chi connectivity index (χ0) is 18.1. The molecule has 1 heterocycles. The SMILES string of the molecule is CCNC(=NCC1CCN(S(C)(=O)=O)CC1)NCCCOCC1CC1. The Labute approximate surface area is 152 Å². The largest absolute Gasteiger partial charge is 0.381 e. The maximum Gasteiger partial charge on any atom is 0.211 e. The first kappa shape index (κ1) is 20.5. The van der Waals surface area contributed by atoms with Crippen LogP contribution in [-0.2, 0) is 14.8 Å². The minimum atomic E-state index is -3.05. The van der Waals surface area contributed by atoms with Crippen molar-refractivity contribution < 1.29 is 13.2 Å². The Balaban J connectivity index is 1.62. The van der Waals surface area contributed by atoms with Crippen LogP contribution in [0.5, 0.6) is 0 Å². The van der Waals surface area contributed by atoms with E-state index in [2.05, 4.69) is 22.5 Å². The van der Waals surface area contributed by atoms with Crippen molar-refractivity contribution in [1.29, 1.82) is 0 Å². The standard InChI is InChI=1S/C17H34N4O3S/c1-3-18-17(19-9-4-12-24-14-16-5-6-16)20-13-15-7-10-21(11-8-15)25(2,22)23/h15-16H,3-14H2,1-2H3,(H2,18,19,20). The Kier molecular flexibility index (Phi) is 8.45. The highest BCUT2D eigenvalue weighted by molar-refractivity contribution is 7.88. The molecule has 0 unspecified atom stereocenters. The fourth-order valence-corrected chi connectivity index (χ4v) is 3.78. The predicted octanol–water partition coefficient (Wildman–Crippen LogP) is 1.03. The van der Waals surface area contributed by atoms with E-state index >= 15 is 0 Å². The van der Waals surface area contributed by atoms with Gasteiger partial charge in [0.25, 0.3) is 0 Å². The Bertz CT molecular complexity index is 512. The Morgan fingerprint density at radius 3 is 2.48 bits per heavy atom. The minimum Gasteiger partial charge on any atom is -0.381 e. The molecule has 0 aromatic heterocycles. The molecule has 2 N–H and O–H groups in total. The van der Waals surface area contributed by atoms with Crippen molar-refractivity contribution in [2.75, 3.05) is 52.2 Å². The third-order valence-electron chi connectivity index (χ3n) is 4.70. The van der Waals surface area contributed by atoms with E-state index in [0.717, 1.165) is 64.0 Å². The molecular weight excluding hydrogens is 340 g/mol. The number of sulfonamides is 1. The molecule has 0 amide bonds. The van der Waals surface area contributed by atoms with E-state index in [-0.39, 0.29) is 0 Å².